The van der Waals surface area contributed by atoms with Gasteiger partial charge >= 0.3 is 0 Å². The van der Waals surface area contributed by atoms with Gasteiger partial charge in [-0.2, -0.15) is 0 Å². The number of aliphatic imine (C=N–C) groups is 1. The van der Waals surface area contributed by atoms with Crippen LogP contribution < -0.4 is 10.6 Å². The molecule has 0 radical (unpaired) electrons. The zero-order valence-electron chi connectivity index (χ0n) is 18.1. The minimum absolute atomic E-state index is 0. The van der Waals surface area contributed by atoms with Crippen molar-refractivity contribution < 1.29 is 9.47 Å². The van der Waals surface area contributed by atoms with Crippen LogP contribution in [0.3, 0.4) is 0 Å². The third-order valence-electron chi connectivity index (χ3n) is 5.05. The van der Waals surface area contributed by atoms with Gasteiger partial charge in [0, 0.05) is 31.3 Å². The molecule has 7 heteroatoms. The molecule has 0 bridgehead atoms. The molecule has 1 fully saturated rings. The highest BCUT2D eigenvalue weighted by Crippen LogP contribution is 2.16. The predicted molar refractivity (Wildman–Crippen MR) is 138 cm³/mol. The van der Waals surface area contributed by atoms with Gasteiger partial charge < -0.3 is 20.1 Å². The molecule has 1 aliphatic heterocycles. The Labute approximate surface area is 208 Å². The molecular formula is C24H33ClIN3O2. The van der Waals surface area contributed by atoms with E-state index < -0.39 is 0 Å². The molecule has 1 aliphatic rings. The average molecular weight is 558 g/mol. The number of ether oxygens (including phenoxy) is 2. The molecule has 0 aromatic heterocycles. The van der Waals surface area contributed by atoms with Crippen LogP contribution in [0.4, 0.5) is 0 Å². The zero-order valence-corrected chi connectivity index (χ0v) is 21.2. The Hall–Kier alpha value is -1.35. The van der Waals surface area contributed by atoms with Gasteiger partial charge in [0.2, 0.25) is 0 Å². The molecule has 3 rings (SSSR count). The summed E-state index contributed by atoms with van der Waals surface area (Å²) < 4.78 is 11.4. The van der Waals surface area contributed by atoms with E-state index in [1.165, 1.54) is 11.1 Å². The maximum absolute atomic E-state index is 6.24. The van der Waals surface area contributed by atoms with E-state index in [-0.39, 0.29) is 24.0 Å². The van der Waals surface area contributed by atoms with Crippen molar-refractivity contribution in [2.75, 3.05) is 26.3 Å². The number of nitrogens with one attached hydrogen (secondary N) is 2. The first-order valence-electron chi connectivity index (χ1n) is 10.8. The van der Waals surface area contributed by atoms with E-state index in [0.29, 0.717) is 19.3 Å². The predicted octanol–water partition coefficient (Wildman–Crippen LogP) is 4.95. The summed E-state index contributed by atoms with van der Waals surface area (Å²) in [4.78, 5) is 4.73. The van der Waals surface area contributed by atoms with Crippen molar-refractivity contribution in [2.45, 2.75) is 45.4 Å². The van der Waals surface area contributed by atoms with Gasteiger partial charge in [-0.15, -0.1) is 24.0 Å². The van der Waals surface area contributed by atoms with Crippen LogP contribution in [-0.2, 0) is 29.0 Å². The van der Waals surface area contributed by atoms with E-state index in [4.69, 9.17) is 26.1 Å². The first-order chi connectivity index (χ1) is 14.7. The zero-order chi connectivity index (χ0) is 21.0. The van der Waals surface area contributed by atoms with Crippen molar-refractivity contribution in [1.29, 1.82) is 0 Å². The van der Waals surface area contributed by atoms with E-state index >= 15 is 0 Å². The van der Waals surface area contributed by atoms with E-state index in [1.807, 2.05) is 18.2 Å². The van der Waals surface area contributed by atoms with Gasteiger partial charge in [0.05, 0.1) is 19.3 Å². The quantitative estimate of drug-likeness (QED) is 0.260. The SMILES string of the molecule is CCNC(=NCc1cccc(COC2CCOCC2)c1)NCCc1ccccc1Cl.I. The summed E-state index contributed by atoms with van der Waals surface area (Å²) in [6.07, 6.45) is 3.12. The van der Waals surface area contributed by atoms with Gasteiger partial charge in [-0.3, -0.25) is 0 Å². The smallest absolute Gasteiger partial charge is 0.191 e. The van der Waals surface area contributed by atoms with Crippen LogP contribution in [0.25, 0.3) is 0 Å². The van der Waals surface area contributed by atoms with Crippen LogP contribution in [0, 0.1) is 0 Å². The summed E-state index contributed by atoms with van der Waals surface area (Å²) in [5.41, 5.74) is 3.50. The van der Waals surface area contributed by atoms with E-state index in [0.717, 1.165) is 62.1 Å². The molecule has 1 heterocycles. The molecule has 2 N–H and O–H groups in total. The lowest BCUT2D eigenvalue weighted by Gasteiger charge is -2.22. The van der Waals surface area contributed by atoms with Crippen molar-refractivity contribution in [3.63, 3.8) is 0 Å². The van der Waals surface area contributed by atoms with Gasteiger partial charge in [0.15, 0.2) is 5.96 Å². The minimum Gasteiger partial charge on any atom is -0.381 e. The van der Waals surface area contributed by atoms with Crippen LogP contribution >= 0.6 is 35.6 Å². The highest BCUT2D eigenvalue weighted by Gasteiger charge is 2.14. The molecule has 0 aliphatic carbocycles. The van der Waals surface area contributed by atoms with Crippen LogP contribution in [0.1, 0.15) is 36.5 Å². The van der Waals surface area contributed by atoms with E-state index in [1.54, 1.807) is 0 Å². The summed E-state index contributed by atoms with van der Waals surface area (Å²) >= 11 is 6.24. The Morgan fingerprint density at radius 1 is 1.10 bits per heavy atom. The highest BCUT2D eigenvalue weighted by molar-refractivity contribution is 14.0. The summed E-state index contributed by atoms with van der Waals surface area (Å²) in [6.45, 7) is 6.52. The molecule has 0 spiro atoms. The fraction of sp³-hybridized carbons (Fsp3) is 0.458. The molecule has 31 heavy (non-hydrogen) atoms. The third kappa shape index (κ3) is 9.35. The highest BCUT2D eigenvalue weighted by atomic mass is 127. The van der Waals surface area contributed by atoms with Crippen LogP contribution in [-0.4, -0.2) is 38.4 Å². The molecule has 2 aromatic carbocycles. The molecule has 0 saturated carbocycles. The number of guanidine groups is 1. The summed E-state index contributed by atoms with van der Waals surface area (Å²) in [6, 6.07) is 16.4. The van der Waals surface area contributed by atoms with Gasteiger partial charge in [-0.25, -0.2) is 4.99 Å². The van der Waals surface area contributed by atoms with Gasteiger partial charge in [-0.1, -0.05) is 54.1 Å². The van der Waals surface area contributed by atoms with Crippen molar-refractivity contribution in [3.8, 4) is 0 Å². The Bertz CT molecular complexity index is 813. The summed E-state index contributed by atoms with van der Waals surface area (Å²) in [7, 11) is 0. The van der Waals surface area contributed by atoms with Crippen LogP contribution in [0.15, 0.2) is 53.5 Å². The number of benzene rings is 2. The van der Waals surface area contributed by atoms with Crippen molar-refractivity contribution in [2.24, 2.45) is 4.99 Å². The molecule has 5 nitrogen and oxygen atoms in total. The maximum Gasteiger partial charge on any atom is 0.191 e. The van der Waals surface area contributed by atoms with Crippen LogP contribution in [0.2, 0.25) is 5.02 Å². The van der Waals surface area contributed by atoms with E-state index in [9.17, 15) is 0 Å². The average Bonchev–Trinajstić information content (AvgIpc) is 2.78. The Balaban J connectivity index is 0.00000341. The molecule has 0 atom stereocenters. The second kappa shape index (κ2) is 14.7. The fourth-order valence-corrected chi connectivity index (χ4v) is 3.63. The maximum atomic E-state index is 6.24. The molecule has 170 valence electrons. The molecule has 0 amide bonds. The second-order valence-corrected chi connectivity index (χ2v) is 7.81. The number of nitrogens with zero attached hydrogens (tertiary/aromatic N) is 1. The normalized spacial score (nSPS) is 14.7. The largest absolute Gasteiger partial charge is 0.381 e. The number of hydrogen-bond acceptors (Lipinski definition) is 3. The minimum atomic E-state index is 0. The molecule has 1 saturated heterocycles. The second-order valence-electron chi connectivity index (χ2n) is 7.41. The van der Waals surface area contributed by atoms with Crippen molar-refractivity contribution >= 4 is 41.5 Å². The van der Waals surface area contributed by atoms with Crippen LogP contribution in [0.5, 0.6) is 0 Å². The van der Waals surface area contributed by atoms with Crippen molar-refractivity contribution in [1.82, 2.24) is 10.6 Å². The first kappa shape index (κ1) is 25.9. The lowest BCUT2D eigenvalue weighted by molar-refractivity contribution is -0.0390. The number of halogens is 2. The lowest BCUT2D eigenvalue weighted by atomic mass is 10.1. The lowest BCUT2D eigenvalue weighted by Crippen LogP contribution is -2.38. The van der Waals surface area contributed by atoms with Crippen molar-refractivity contribution in [3.05, 3.63) is 70.2 Å². The topological polar surface area (TPSA) is 54.9 Å². The van der Waals surface area contributed by atoms with Gasteiger partial charge in [0.25, 0.3) is 0 Å². The summed E-state index contributed by atoms with van der Waals surface area (Å²) in [5.74, 6) is 0.813. The van der Waals surface area contributed by atoms with Gasteiger partial charge in [-0.05, 0) is 48.9 Å². The van der Waals surface area contributed by atoms with E-state index in [2.05, 4.69) is 47.9 Å². The first-order valence-corrected chi connectivity index (χ1v) is 11.1. The monoisotopic (exact) mass is 557 g/mol. The van der Waals surface area contributed by atoms with Gasteiger partial charge in [0.1, 0.15) is 0 Å². The Morgan fingerprint density at radius 2 is 1.87 bits per heavy atom. The molecule has 0 unspecified atom stereocenters. The summed E-state index contributed by atoms with van der Waals surface area (Å²) in [5, 5.41) is 7.51. The fourth-order valence-electron chi connectivity index (χ4n) is 3.40. The number of rotatable bonds is 9. The third-order valence-corrected chi connectivity index (χ3v) is 5.42. The Morgan fingerprint density at radius 3 is 2.65 bits per heavy atom. The molecular weight excluding hydrogens is 525 g/mol. The standard InChI is InChI=1S/C24H32ClN3O2.HI/c1-2-26-24(27-13-10-21-8-3-4-9-23(21)25)28-17-19-6-5-7-20(16-19)18-30-22-11-14-29-15-12-22;/h3-9,16,22H,2,10-15,17-18H2,1H3,(H2,26,27,28);1H. The molecule has 2 aromatic rings. The Kier molecular flexibility index (Phi) is 12.3. The number of hydrogen-bond donors (Lipinski definition) is 2.